The number of likely N-dealkylation sites (tertiary alicyclic amines) is 1. The first-order valence-corrected chi connectivity index (χ1v) is 9.03. The van der Waals surface area contributed by atoms with Crippen LogP contribution >= 0.6 is 15.9 Å². The van der Waals surface area contributed by atoms with Crippen molar-refractivity contribution in [3.8, 4) is 23.0 Å². The lowest BCUT2D eigenvalue weighted by molar-refractivity contribution is -0.130. The van der Waals surface area contributed by atoms with E-state index in [1.807, 2.05) is 52.1 Å². The minimum Gasteiger partial charge on any atom is -0.341 e. The second kappa shape index (κ2) is 6.84. The van der Waals surface area contributed by atoms with Crippen LogP contribution in [0.2, 0.25) is 0 Å². The molecule has 1 fully saturated rings. The molecule has 1 aliphatic rings. The SMILES string of the molecule is O=C(Cn1cccc1-c1nc(-c2ccc(Br)cc2)no1)N1CCCC1. The summed E-state index contributed by atoms with van der Waals surface area (Å²) in [6.45, 7) is 1.99. The summed E-state index contributed by atoms with van der Waals surface area (Å²) in [6.07, 6.45) is 4.04. The van der Waals surface area contributed by atoms with Gasteiger partial charge in [-0.15, -0.1) is 0 Å². The Morgan fingerprint density at radius 1 is 1.16 bits per heavy atom. The van der Waals surface area contributed by atoms with Crippen molar-refractivity contribution in [2.24, 2.45) is 0 Å². The van der Waals surface area contributed by atoms with Crippen molar-refractivity contribution in [1.82, 2.24) is 19.6 Å². The predicted octanol–water partition coefficient (Wildman–Crippen LogP) is 3.59. The van der Waals surface area contributed by atoms with Gasteiger partial charge in [0.25, 0.3) is 5.89 Å². The molecule has 128 valence electrons. The lowest BCUT2D eigenvalue weighted by atomic mass is 10.2. The highest BCUT2D eigenvalue weighted by Crippen LogP contribution is 2.24. The van der Waals surface area contributed by atoms with Crippen molar-refractivity contribution in [3.63, 3.8) is 0 Å². The fraction of sp³-hybridized carbons (Fsp3) is 0.278. The first kappa shape index (κ1) is 16.1. The molecule has 3 aromatic rings. The van der Waals surface area contributed by atoms with Crippen molar-refractivity contribution in [3.05, 3.63) is 47.1 Å². The Labute approximate surface area is 153 Å². The van der Waals surface area contributed by atoms with Crippen LogP contribution in [0.1, 0.15) is 12.8 Å². The fourth-order valence-electron chi connectivity index (χ4n) is 3.00. The van der Waals surface area contributed by atoms with Crippen LogP contribution in [0.15, 0.2) is 51.6 Å². The number of carbonyl (C=O) groups is 1. The lowest BCUT2D eigenvalue weighted by Gasteiger charge is -2.16. The van der Waals surface area contributed by atoms with Gasteiger partial charge in [-0.1, -0.05) is 21.1 Å². The van der Waals surface area contributed by atoms with Gasteiger partial charge in [0.15, 0.2) is 0 Å². The van der Waals surface area contributed by atoms with Crippen molar-refractivity contribution >= 4 is 21.8 Å². The van der Waals surface area contributed by atoms with Crippen LogP contribution in [0, 0.1) is 0 Å². The highest BCUT2D eigenvalue weighted by atomic mass is 79.9. The van der Waals surface area contributed by atoms with Gasteiger partial charge in [-0.05, 0) is 49.2 Å². The number of benzene rings is 1. The monoisotopic (exact) mass is 400 g/mol. The Morgan fingerprint density at radius 3 is 2.68 bits per heavy atom. The molecule has 6 nitrogen and oxygen atoms in total. The molecule has 4 rings (SSSR count). The Balaban J connectivity index is 1.56. The molecular formula is C18H17BrN4O2. The average Bonchev–Trinajstić information content (AvgIpc) is 3.36. The molecule has 2 aromatic heterocycles. The molecule has 0 spiro atoms. The van der Waals surface area contributed by atoms with Crippen molar-refractivity contribution in [2.45, 2.75) is 19.4 Å². The maximum atomic E-state index is 12.4. The van der Waals surface area contributed by atoms with E-state index in [-0.39, 0.29) is 5.91 Å². The highest BCUT2D eigenvalue weighted by Gasteiger charge is 2.20. The van der Waals surface area contributed by atoms with Crippen LogP contribution in [0.3, 0.4) is 0 Å². The van der Waals surface area contributed by atoms with E-state index in [0.29, 0.717) is 18.3 Å². The molecule has 0 N–H and O–H groups in total. The van der Waals surface area contributed by atoms with Gasteiger partial charge in [-0.2, -0.15) is 4.98 Å². The van der Waals surface area contributed by atoms with Crippen molar-refractivity contribution < 1.29 is 9.32 Å². The molecular weight excluding hydrogens is 384 g/mol. The number of aromatic nitrogens is 3. The van der Waals surface area contributed by atoms with Gasteiger partial charge >= 0.3 is 0 Å². The van der Waals surface area contributed by atoms with Crippen LogP contribution in [0.4, 0.5) is 0 Å². The molecule has 0 unspecified atom stereocenters. The summed E-state index contributed by atoms with van der Waals surface area (Å²) in [6, 6.07) is 11.5. The number of amides is 1. The third-order valence-corrected chi connectivity index (χ3v) is 4.87. The number of rotatable bonds is 4. The smallest absolute Gasteiger partial charge is 0.274 e. The van der Waals surface area contributed by atoms with E-state index < -0.39 is 0 Å². The zero-order valence-corrected chi connectivity index (χ0v) is 15.1. The Bertz CT molecular complexity index is 879. The second-order valence-electron chi connectivity index (χ2n) is 6.04. The molecule has 0 atom stereocenters. The predicted molar refractivity (Wildman–Crippen MR) is 96.7 cm³/mol. The molecule has 0 bridgehead atoms. The number of nitrogens with zero attached hydrogens (tertiary/aromatic N) is 4. The summed E-state index contributed by atoms with van der Waals surface area (Å²) >= 11 is 3.41. The van der Waals surface area contributed by atoms with Crippen LogP contribution in [-0.4, -0.2) is 38.6 Å². The molecule has 25 heavy (non-hydrogen) atoms. The van der Waals surface area contributed by atoms with Gasteiger partial charge in [-0.25, -0.2) is 0 Å². The molecule has 1 saturated heterocycles. The van der Waals surface area contributed by atoms with Gasteiger partial charge in [0, 0.05) is 29.3 Å². The van der Waals surface area contributed by atoms with Crippen LogP contribution in [0.25, 0.3) is 23.0 Å². The zero-order valence-electron chi connectivity index (χ0n) is 13.6. The lowest BCUT2D eigenvalue weighted by Crippen LogP contribution is -2.31. The number of carbonyl (C=O) groups excluding carboxylic acids is 1. The molecule has 1 aliphatic heterocycles. The van der Waals surface area contributed by atoms with E-state index in [2.05, 4.69) is 26.1 Å². The minimum atomic E-state index is 0.127. The van der Waals surface area contributed by atoms with Crippen molar-refractivity contribution in [2.75, 3.05) is 13.1 Å². The van der Waals surface area contributed by atoms with E-state index in [4.69, 9.17) is 4.52 Å². The van der Waals surface area contributed by atoms with E-state index in [1.54, 1.807) is 0 Å². The number of hydrogen-bond acceptors (Lipinski definition) is 4. The first-order valence-electron chi connectivity index (χ1n) is 8.23. The van der Waals surface area contributed by atoms with Crippen LogP contribution in [-0.2, 0) is 11.3 Å². The summed E-state index contributed by atoms with van der Waals surface area (Å²) in [4.78, 5) is 18.8. The molecule has 0 aliphatic carbocycles. The fourth-order valence-corrected chi connectivity index (χ4v) is 3.27. The van der Waals surface area contributed by atoms with Gasteiger partial charge in [0.05, 0.1) is 0 Å². The third kappa shape index (κ3) is 3.37. The Morgan fingerprint density at radius 2 is 1.92 bits per heavy atom. The van der Waals surface area contributed by atoms with E-state index in [1.165, 1.54) is 0 Å². The Kier molecular flexibility index (Phi) is 4.40. The van der Waals surface area contributed by atoms with E-state index >= 15 is 0 Å². The summed E-state index contributed by atoms with van der Waals surface area (Å²) in [5.41, 5.74) is 1.63. The summed E-state index contributed by atoms with van der Waals surface area (Å²) < 4.78 is 8.28. The van der Waals surface area contributed by atoms with E-state index in [0.717, 1.165) is 41.7 Å². The molecule has 0 radical (unpaired) electrons. The van der Waals surface area contributed by atoms with Gasteiger partial charge < -0.3 is 14.0 Å². The standard InChI is InChI=1S/C18H17BrN4O2/c19-14-7-5-13(6-8-14)17-20-18(25-21-17)15-4-3-11-23(15)12-16(24)22-9-1-2-10-22/h3-8,11H,1-2,9-10,12H2. The maximum absolute atomic E-state index is 12.4. The second-order valence-corrected chi connectivity index (χ2v) is 6.95. The highest BCUT2D eigenvalue weighted by molar-refractivity contribution is 9.10. The summed E-state index contributed by atoms with van der Waals surface area (Å²) in [7, 11) is 0. The van der Waals surface area contributed by atoms with Gasteiger partial charge in [-0.3, -0.25) is 4.79 Å². The van der Waals surface area contributed by atoms with Gasteiger partial charge in [0.1, 0.15) is 12.2 Å². The number of halogens is 1. The quantitative estimate of drug-likeness (QED) is 0.670. The van der Waals surface area contributed by atoms with Crippen molar-refractivity contribution in [1.29, 1.82) is 0 Å². The first-order chi connectivity index (χ1) is 12.2. The average molecular weight is 401 g/mol. The Hall–Kier alpha value is -2.41. The van der Waals surface area contributed by atoms with Crippen LogP contribution in [0.5, 0.6) is 0 Å². The van der Waals surface area contributed by atoms with Crippen LogP contribution < -0.4 is 0 Å². The minimum absolute atomic E-state index is 0.127. The molecule has 1 amide bonds. The maximum Gasteiger partial charge on any atom is 0.274 e. The topological polar surface area (TPSA) is 64.2 Å². The summed E-state index contributed by atoms with van der Waals surface area (Å²) in [5.74, 6) is 1.07. The largest absolute Gasteiger partial charge is 0.341 e. The molecule has 3 heterocycles. The van der Waals surface area contributed by atoms with Gasteiger partial charge in [0.2, 0.25) is 11.7 Å². The molecule has 0 saturated carbocycles. The molecule has 7 heteroatoms. The number of hydrogen-bond donors (Lipinski definition) is 0. The summed E-state index contributed by atoms with van der Waals surface area (Å²) in [5, 5.41) is 4.06. The molecule has 1 aromatic carbocycles. The third-order valence-electron chi connectivity index (χ3n) is 4.34. The zero-order chi connectivity index (χ0) is 17.2. The normalized spacial score (nSPS) is 14.2. The van der Waals surface area contributed by atoms with E-state index in [9.17, 15) is 4.79 Å².